The molecule has 0 aromatic heterocycles. The summed E-state index contributed by atoms with van der Waals surface area (Å²) in [7, 11) is 0. The fourth-order valence-corrected chi connectivity index (χ4v) is 2.98. The molecule has 6 N–H and O–H groups in total. The van der Waals surface area contributed by atoms with Crippen molar-refractivity contribution < 1.29 is 43.2 Å². The molecule has 31 heavy (non-hydrogen) atoms. The molecule has 1 saturated heterocycles. The van der Waals surface area contributed by atoms with E-state index in [1.54, 1.807) is 12.1 Å². The molecule has 1 aromatic carbocycles. The van der Waals surface area contributed by atoms with Gasteiger partial charge in [0.2, 0.25) is 0 Å². The van der Waals surface area contributed by atoms with Crippen molar-refractivity contribution in [3.63, 3.8) is 0 Å². The molecule has 0 saturated carbocycles. The van der Waals surface area contributed by atoms with Crippen LogP contribution in [0.1, 0.15) is 12.0 Å². The van der Waals surface area contributed by atoms with Crippen molar-refractivity contribution in [2.75, 3.05) is 19.6 Å². The number of halogens is 5. The third-order valence-corrected chi connectivity index (χ3v) is 4.56. The number of carboxylic acid groups (broad SMARTS) is 2. The monoisotopic (exact) mass is 491 g/mol. The fraction of sp³-hybridized carbons (Fsp3) is 0.529. The van der Waals surface area contributed by atoms with E-state index < -0.39 is 36.9 Å². The van der Waals surface area contributed by atoms with Crippen LogP contribution in [0.5, 0.6) is 0 Å². The van der Waals surface area contributed by atoms with Crippen LogP contribution in [0.25, 0.3) is 0 Å². The van der Waals surface area contributed by atoms with Gasteiger partial charge in [0.15, 0.2) is 12.2 Å². The molecule has 0 bridgehead atoms. The maximum absolute atomic E-state index is 12.7. The van der Waals surface area contributed by atoms with Crippen LogP contribution in [-0.4, -0.2) is 81.4 Å². The molecule has 9 nitrogen and oxygen atoms in total. The predicted octanol–water partition coefficient (Wildman–Crippen LogP) is 1.10. The number of nitrogens with zero attached hydrogens (tertiary/aromatic N) is 1. The van der Waals surface area contributed by atoms with Crippen molar-refractivity contribution in [3.8, 4) is 0 Å². The number of rotatable bonds is 8. The van der Waals surface area contributed by atoms with Crippen molar-refractivity contribution >= 4 is 35.1 Å². The van der Waals surface area contributed by atoms with E-state index in [4.69, 9.17) is 43.6 Å². The molecule has 1 aromatic rings. The molecular formula is C17H22Cl2F3N3O6. The molecule has 0 radical (unpaired) electrons. The highest BCUT2D eigenvalue weighted by molar-refractivity contribution is 6.35. The Hall–Kier alpha value is -1.67. The van der Waals surface area contributed by atoms with E-state index in [0.29, 0.717) is 22.2 Å². The van der Waals surface area contributed by atoms with Crippen LogP contribution in [-0.2, 0) is 16.1 Å². The number of nitrogens with one attached hydrogen (secondary N) is 2. The van der Waals surface area contributed by atoms with Crippen LogP contribution in [0.4, 0.5) is 13.2 Å². The number of benzene rings is 1. The van der Waals surface area contributed by atoms with Gasteiger partial charge in [-0.05, 0) is 30.7 Å². The smallest absolute Gasteiger partial charge is 0.402 e. The van der Waals surface area contributed by atoms with Gasteiger partial charge in [-0.25, -0.2) is 14.6 Å². The number of aliphatic hydroxyl groups excluding tert-OH is 2. The van der Waals surface area contributed by atoms with E-state index in [1.165, 1.54) is 6.07 Å². The summed E-state index contributed by atoms with van der Waals surface area (Å²) in [5.41, 5.74) is 3.52. The van der Waals surface area contributed by atoms with E-state index in [2.05, 4.69) is 10.7 Å². The third kappa shape index (κ3) is 10.5. The lowest BCUT2D eigenvalue weighted by Gasteiger charge is -2.28. The van der Waals surface area contributed by atoms with Crippen LogP contribution >= 0.6 is 23.2 Å². The second kappa shape index (κ2) is 12.4. The zero-order chi connectivity index (χ0) is 23.8. The van der Waals surface area contributed by atoms with Crippen LogP contribution in [0, 0.1) is 0 Å². The second-order valence-corrected chi connectivity index (χ2v) is 7.44. The summed E-state index contributed by atoms with van der Waals surface area (Å²) in [6, 6.07) is 4.79. The van der Waals surface area contributed by atoms with Gasteiger partial charge in [-0.3, -0.25) is 5.43 Å². The Labute approximate surface area is 185 Å². The molecule has 176 valence electrons. The number of hydrogen-bond acceptors (Lipinski definition) is 7. The molecule has 0 spiro atoms. The van der Waals surface area contributed by atoms with Gasteiger partial charge in [-0.2, -0.15) is 13.2 Å². The third-order valence-electron chi connectivity index (χ3n) is 3.98. The summed E-state index contributed by atoms with van der Waals surface area (Å²) >= 11 is 11.8. The molecule has 0 amide bonds. The molecule has 2 unspecified atom stereocenters. The Morgan fingerprint density at radius 1 is 1.19 bits per heavy atom. The molecule has 14 heteroatoms. The highest BCUT2D eigenvalue weighted by Gasteiger charge is 2.32. The van der Waals surface area contributed by atoms with Gasteiger partial charge in [0.1, 0.15) is 6.54 Å². The lowest BCUT2D eigenvalue weighted by atomic mass is 10.2. The normalized spacial score (nSPS) is 18.3. The number of hydrogen-bond donors (Lipinski definition) is 6. The van der Waals surface area contributed by atoms with Crippen LogP contribution in [0.2, 0.25) is 10.0 Å². The molecular weight excluding hydrogens is 470 g/mol. The summed E-state index contributed by atoms with van der Waals surface area (Å²) in [6.07, 6.45) is -8.02. The summed E-state index contributed by atoms with van der Waals surface area (Å²) in [5.74, 6) is -3.54. The largest absolute Gasteiger partial charge is 0.479 e. The summed E-state index contributed by atoms with van der Waals surface area (Å²) in [4.78, 5) is 19.5. The van der Waals surface area contributed by atoms with E-state index >= 15 is 0 Å². The fourth-order valence-electron chi connectivity index (χ4n) is 2.51. The van der Waals surface area contributed by atoms with Gasteiger partial charge in [-0.15, -0.1) is 0 Å². The maximum atomic E-state index is 12.7. The van der Waals surface area contributed by atoms with Crippen LogP contribution < -0.4 is 10.7 Å². The lowest BCUT2D eigenvalue weighted by molar-refractivity contribution is -0.165. The van der Waals surface area contributed by atoms with Gasteiger partial charge in [0, 0.05) is 29.2 Å². The zero-order valence-electron chi connectivity index (χ0n) is 15.9. The molecule has 1 aliphatic rings. The van der Waals surface area contributed by atoms with Crippen LogP contribution in [0.15, 0.2) is 18.2 Å². The molecule has 1 fully saturated rings. The summed E-state index contributed by atoms with van der Waals surface area (Å²) in [6.45, 7) is 0.483. The van der Waals surface area contributed by atoms with Gasteiger partial charge < -0.3 is 25.7 Å². The van der Waals surface area contributed by atoms with Crippen molar-refractivity contribution in [2.24, 2.45) is 0 Å². The van der Waals surface area contributed by atoms with Crippen LogP contribution in [0.3, 0.4) is 0 Å². The Kier molecular flexibility index (Phi) is 10.9. The molecule has 3 atom stereocenters. The number of hydrazine groups is 1. The number of carboxylic acids is 2. The van der Waals surface area contributed by atoms with Crippen molar-refractivity contribution in [3.05, 3.63) is 33.8 Å². The number of carbonyl (C=O) groups is 2. The lowest BCUT2D eigenvalue weighted by Crippen LogP contribution is -2.49. The predicted molar refractivity (Wildman–Crippen MR) is 105 cm³/mol. The van der Waals surface area contributed by atoms with Gasteiger partial charge in [0.25, 0.3) is 0 Å². The van der Waals surface area contributed by atoms with E-state index in [1.807, 2.05) is 0 Å². The zero-order valence-corrected chi connectivity index (χ0v) is 17.5. The maximum Gasteiger partial charge on any atom is 0.402 e. The SMILES string of the molecule is FC(F)(F)CN(Cc1ccc(Cl)cc1Cl)N[C@H]1CCNC1.O=C(O)C(O)C(O)C(=O)O. The van der Waals surface area contributed by atoms with Gasteiger partial charge in [-0.1, -0.05) is 29.3 Å². The van der Waals surface area contributed by atoms with Gasteiger partial charge in [0.05, 0.1) is 0 Å². The minimum atomic E-state index is -4.28. The molecule has 0 aliphatic carbocycles. The summed E-state index contributed by atoms with van der Waals surface area (Å²) < 4.78 is 38.1. The molecule has 1 aliphatic heterocycles. The highest BCUT2D eigenvalue weighted by Crippen LogP contribution is 2.24. The van der Waals surface area contributed by atoms with Crippen molar-refractivity contribution in [1.29, 1.82) is 0 Å². The highest BCUT2D eigenvalue weighted by atomic mass is 35.5. The minimum Gasteiger partial charge on any atom is -0.479 e. The van der Waals surface area contributed by atoms with E-state index in [0.717, 1.165) is 18.0 Å². The molecule has 1 heterocycles. The first-order chi connectivity index (χ1) is 14.3. The Morgan fingerprint density at radius 3 is 2.19 bits per heavy atom. The first-order valence-electron chi connectivity index (χ1n) is 8.84. The van der Waals surface area contributed by atoms with E-state index in [-0.39, 0.29) is 12.6 Å². The van der Waals surface area contributed by atoms with Crippen molar-refractivity contribution in [2.45, 2.75) is 37.4 Å². The Bertz CT molecular complexity index is 732. The summed E-state index contributed by atoms with van der Waals surface area (Å²) in [5, 5.41) is 37.6. The average molecular weight is 492 g/mol. The minimum absolute atomic E-state index is 0.00146. The number of alkyl halides is 3. The standard InChI is InChI=1S/C13H16Cl2F3N3.C4H6O6/c14-10-2-1-9(12(15)5-10)7-21(8-13(16,17)18)20-11-3-4-19-6-11;5-1(3(7)8)2(6)4(9)10/h1-2,5,11,19-20H,3-4,6-8H2;1-2,5-6H,(H,7,8)(H,9,10)/t11-;/m0./s1. The first-order valence-corrected chi connectivity index (χ1v) is 9.60. The second-order valence-electron chi connectivity index (χ2n) is 6.59. The Morgan fingerprint density at radius 2 is 1.77 bits per heavy atom. The van der Waals surface area contributed by atoms with Gasteiger partial charge >= 0.3 is 18.1 Å². The topological polar surface area (TPSA) is 142 Å². The van der Waals surface area contributed by atoms with Crippen molar-refractivity contribution in [1.82, 2.24) is 15.8 Å². The first kappa shape index (κ1) is 27.4. The number of aliphatic carboxylic acids is 2. The molecule has 2 rings (SSSR count). The Balaban J connectivity index is 0.000000407. The number of aliphatic hydroxyl groups is 2. The quantitative estimate of drug-likeness (QED) is 0.294. The average Bonchev–Trinajstić information content (AvgIpc) is 3.14. The van der Waals surface area contributed by atoms with E-state index in [9.17, 15) is 22.8 Å².